The molecule has 2 aliphatic rings. The first-order valence-electron chi connectivity index (χ1n) is 13.7. The van der Waals surface area contributed by atoms with Gasteiger partial charge in [0.25, 0.3) is 5.91 Å². The summed E-state index contributed by atoms with van der Waals surface area (Å²) in [5.41, 5.74) is 2.92. The predicted molar refractivity (Wildman–Crippen MR) is 150 cm³/mol. The van der Waals surface area contributed by atoms with Gasteiger partial charge in [-0.25, -0.2) is 13.8 Å². The van der Waals surface area contributed by atoms with E-state index in [0.717, 1.165) is 16.7 Å². The number of hydrogen-bond donors (Lipinski definition) is 1. The van der Waals surface area contributed by atoms with E-state index < -0.39 is 17.4 Å². The van der Waals surface area contributed by atoms with Crippen molar-refractivity contribution in [3.63, 3.8) is 0 Å². The van der Waals surface area contributed by atoms with E-state index in [0.29, 0.717) is 48.2 Å². The monoisotopic (exact) mass is 563 g/mol. The van der Waals surface area contributed by atoms with Crippen LogP contribution in [0.3, 0.4) is 0 Å². The van der Waals surface area contributed by atoms with E-state index in [2.05, 4.69) is 21.4 Å². The van der Waals surface area contributed by atoms with Crippen molar-refractivity contribution in [3.8, 4) is 11.8 Å². The number of amides is 1. The molecule has 216 valence electrons. The first-order chi connectivity index (χ1) is 19.5. The molecule has 9 nitrogen and oxygen atoms in total. The summed E-state index contributed by atoms with van der Waals surface area (Å²) < 4.78 is 36.9. The Balaban J connectivity index is 1.61. The molecule has 1 N–H and O–H groups in total. The molecule has 1 aliphatic carbocycles. The number of benzene rings is 1. The highest BCUT2D eigenvalue weighted by Crippen LogP contribution is 2.58. The molecule has 1 saturated carbocycles. The third-order valence-corrected chi connectivity index (χ3v) is 7.95. The summed E-state index contributed by atoms with van der Waals surface area (Å²) in [5, 5.41) is 12.5. The zero-order valence-electron chi connectivity index (χ0n) is 24.0. The fourth-order valence-corrected chi connectivity index (χ4v) is 6.35. The van der Waals surface area contributed by atoms with E-state index in [-0.39, 0.29) is 25.3 Å². The van der Waals surface area contributed by atoms with E-state index in [1.54, 1.807) is 24.2 Å². The average Bonchev–Trinajstić information content (AvgIpc) is 3.35. The van der Waals surface area contributed by atoms with Gasteiger partial charge in [0, 0.05) is 68.6 Å². The summed E-state index contributed by atoms with van der Waals surface area (Å²) in [4.78, 5) is 26.7. The summed E-state index contributed by atoms with van der Waals surface area (Å²) in [6.07, 6.45) is 4.35. The van der Waals surface area contributed by atoms with Crippen LogP contribution in [-0.4, -0.2) is 70.5 Å². The summed E-state index contributed by atoms with van der Waals surface area (Å²) in [6.45, 7) is 5.17. The summed E-state index contributed by atoms with van der Waals surface area (Å²) >= 11 is 0. The lowest BCUT2D eigenvalue weighted by molar-refractivity contribution is -0.135. The molecule has 1 unspecified atom stereocenters. The number of fused-ring (bicyclic) bond motifs is 2. The van der Waals surface area contributed by atoms with Crippen molar-refractivity contribution in [2.45, 2.75) is 57.2 Å². The van der Waals surface area contributed by atoms with Crippen LogP contribution in [0.2, 0.25) is 0 Å². The highest BCUT2D eigenvalue weighted by molar-refractivity contribution is 5.98. The van der Waals surface area contributed by atoms with Crippen LogP contribution < -0.4 is 10.1 Å². The van der Waals surface area contributed by atoms with Gasteiger partial charge in [0.2, 0.25) is 11.9 Å². The molecule has 0 radical (unpaired) electrons. The van der Waals surface area contributed by atoms with Gasteiger partial charge in [0.1, 0.15) is 17.4 Å². The van der Waals surface area contributed by atoms with Crippen molar-refractivity contribution in [2.75, 3.05) is 39.6 Å². The molecule has 0 bridgehead atoms. The van der Waals surface area contributed by atoms with Crippen molar-refractivity contribution in [1.29, 1.82) is 5.26 Å². The van der Waals surface area contributed by atoms with E-state index in [9.17, 15) is 18.8 Å². The van der Waals surface area contributed by atoms with Gasteiger partial charge in [0.05, 0.1) is 24.9 Å². The smallest absolute Gasteiger partial charge is 0.254 e. The minimum Gasteiger partial charge on any atom is -0.492 e. The fraction of sp³-hybridized carbons (Fsp3) is 0.467. The maximum absolute atomic E-state index is 14.6. The van der Waals surface area contributed by atoms with Gasteiger partial charge in [-0.1, -0.05) is 6.07 Å². The van der Waals surface area contributed by atoms with Gasteiger partial charge in [-0.3, -0.25) is 9.78 Å². The zero-order valence-corrected chi connectivity index (χ0v) is 24.0. The van der Waals surface area contributed by atoms with Crippen LogP contribution in [0.25, 0.3) is 0 Å². The maximum atomic E-state index is 14.6. The molecule has 1 aliphatic heterocycles. The van der Waals surface area contributed by atoms with Crippen molar-refractivity contribution in [3.05, 3.63) is 70.3 Å². The van der Waals surface area contributed by atoms with Gasteiger partial charge in [0.15, 0.2) is 0 Å². The van der Waals surface area contributed by atoms with Crippen molar-refractivity contribution < 1.29 is 18.3 Å². The van der Waals surface area contributed by atoms with Gasteiger partial charge in [-0.2, -0.15) is 5.26 Å². The Morgan fingerprint density at radius 3 is 2.63 bits per heavy atom. The second kappa shape index (κ2) is 10.7. The van der Waals surface area contributed by atoms with E-state index in [1.807, 2.05) is 55.7 Å². The number of carbonyl (C=O) groups is 1. The Morgan fingerprint density at radius 1 is 1.24 bits per heavy atom. The lowest BCUT2D eigenvalue weighted by Crippen LogP contribution is -2.60. The number of nitriles is 1. The van der Waals surface area contributed by atoms with Crippen LogP contribution in [-0.2, 0) is 18.5 Å². The molecule has 5 rings (SSSR count). The SMILES string of the molecule is CCOc1cc(C(C)N2CC3(CC(F)(F)C3)c3c(CN(C)C)cc(Cn4ccnc4NC)cc3C2=O)ncc1C#N. The Bertz CT molecular complexity index is 1500. The standard InChI is InChI=1S/C30H35F2N7O2/c1-6-41-25-11-24(36-13-22(25)12-33)19(2)39-18-29(16-30(31,32)17-29)26-21(15-37(4)5)9-20(10-23(26)27(39)40)14-38-8-7-35-28(38)34-3/h7-11,13,19H,6,14-18H2,1-5H3,(H,34,35). The average molecular weight is 564 g/mol. The molecule has 1 atom stereocenters. The summed E-state index contributed by atoms with van der Waals surface area (Å²) in [5.74, 6) is -1.95. The normalized spacial score (nSPS) is 17.6. The second-order valence-corrected chi connectivity index (χ2v) is 11.3. The summed E-state index contributed by atoms with van der Waals surface area (Å²) in [6, 6.07) is 7.11. The number of nitrogens with zero attached hydrogens (tertiary/aromatic N) is 6. The molecule has 2 aromatic heterocycles. The number of anilines is 1. The molecule has 1 aromatic carbocycles. The molecule has 1 fully saturated rings. The third kappa shape index (κ3) is 5.24. The largest absolute Gasteiger partial charge is 0.492 e. The van der Waals surface area contributed by atoms with Gasteiger partial charge in [-0.15, -0.1) is 0 Å². The molecule has 3 heterocycles. The maximum Gasteiger partial charge on any atom is 0.254 e. The molecule has 3 aromatic rings. The number of ether oxygens (including phenoxy) is 1. The highest BCUT2D eigenvalue weighted by atomic mass is 19.3. The van der Waals surface area contributed by atoms with Gasteiger partial charge >= 0.3 is 0 Å². The highest BCUT2D eigenvalue weighted by Gasteiger charge is 2.61. The van der Waals surface area contributed by atoms with E-state index >= 15 is 0 Å². The quantitative estimate of drug-likeness (QED) is 0.407. The number of hydrogen-bond acceptors (Lipinski definition) is 7. The van der Waals surface area contributed by atoms with Crippen LogP contribution in [0.15, 0.2) is 36.8 Å². The number of imidazole rings is 1. The molecule has 1 spiro atoms. The van der Waals surface area contributed by atoms with Crippen molar-refractivity contribution >= 4 is 11.9 Å². The molecule has 41 heavy (non-hydrogen) atoms. The lowest BCUT2D eigenvalue weighted by atomic mass is 9.58. The second-order valence-electron chi connectivity index (χ2n) is 11.3. The van der Waals surface area contributed by atoms with Gasteiger partial charge < -0.3 is 24.4 Å². The zero-order chi connectivity index (χ0) is 29.5. The van der Waals surface area contributed by atoms with Crippen LogP contribution in [0.1, 0.15) is 71.0 Å². The molecular formula is C30H35F2N7O2. The first kappa shape index (κ1) is 28.5. The molecule has 1 amide bonds. The number of pyridine rings is 1. The number of rotatable bonds is 9. The molecule has 11 heteroatoms. The lowest BCUT2D eigenvalue weighted by Gasteiger charge is -2.54. The first-order valence-corrected chi connectivity index (χ1v) is 13.7. The van der Waals surface area contributed by atoms with Crippen molar-refractivity contribution in [1.82, 2.24) is 24.3 Å². The number of aromatic nitrogens is 3. The summed E-state index contributed by atoms with van der Waals surface area (Å²) in [7, 11) is 5.66. The predicted octanol–water partition coefficient (Wildman–Crippen LogP) is 4.58. The Kier molecular flexibility index (Phi) is 7.46. The van der Waals surface area contributed by atoms with Gasteiger partial charge in [-0.05, 0) is 50.7 Å². The topological polar surface area (TPSA) is 99.3 Å². The Hall–Kier alpha value is -4.04. The van der Waals surface area contributed by atoms with Crippen LogP contribution in [0.4, 0.5) is 14.7 Å². The number of carbonyl (C=O) groups excluding carboxylic acids is 1. The van der Waals surface area contributed by atoms with Crippen molar-refractivity contribution in [2.24, 2.45) is 0 Å². The van der Waals surface area contributed by atoms with E-state index in [1.165, 1.54) is 6.20 Å². The Morgan fingerprint density at radius 2 is 2.00 bits per heavy atom. The van der Waals surface area contributed by atoms with Crippen LogP contribution >= 0.6 is 0 Å². The minimum atomic E-state index is -2.80. The van der Waals surface area contributed by atoms with Crippen LogP contribution in [0.5, 0.6) is 5.75 Å². The molecular weight excluding hydrogens is 528 g/mol. The van der Waals surface area contributed by atoms with E-state index in [4.69, 9.17) is 4.74 Å². The fourth-order valence-electron chi connectivity index (χ4n) is 6.35. The molecule has 0 saturated heterocycles. The Labute approximate surface area is 238 Å². The number of alkyl halides is 2. The number of nitrogens with one attached hydrogen (secondary N) is 1. The number of halogens is 2. The minimum absolute atomic E-state index is 0.159. The van der Waals surface area contributed by atoms with Crippen LogP contribution in [0, 0.1) is 11.3 Å². The third-order valence-electron chi connectivity index (χ3n) is 7.95.